The van der Waals surface area contributed by atoms with Crippen molar-refractivity contribution in [2.24, 2.45) is 5.10 Å². The van der Waals surface area contributed by atoms with Crippen molar-refractivity contribution in [3.63, 3.8) is 0 Å². The van der Waals surface area contributed by atoms with Crippen LogP contribution in [-0.4, -0.2) is 18.7 Å². The van der Waals surface area contributed by atoms with E-state index in [1.165, 1.54) is 11.1 Å². The fourth-order valence-electron chi connectivity index (χ4n) is 2.25. The Hall–Kier alpha value is -2.62. The summed E-state index contributed by atoms with van der Waals surface area (Å²) in [7, 11) is 0. The summed E-state index contributed by atoms with van der Waals surface area (Å²) in [5.74, 6) is 0.385. The van der Waals surface area contributed by atoms with Crippen LogP contribution in [0.4, 0.5) is 0 Å². The molecule has 4 nitrogen and oxygen atoms in total. The number of hydrogen-bond acceptors (Lipinski definition) is 3. The first-order chi connectivity index (χ1) is 11.9. The van der Waals surface area contributed by atoms with E-state index in [2.05, 4.69) is 50.4 Å². The van der Waals surface area contributed by atoms with E-state index < -0.39 is 0 Å². The lowest BCUT2D eigenvalue weighted by atomic mass is 9.87. The molecule has 0 atom stereocenters. The number of hydrogen-bond donors (Lipinski definition) is 1. The van der Waals surface area contributed by atoms with Crippen LogP contribution >= 0.6 is 0 Å². The van der Waals surface area contributed by atoms with Crippen molar-refractivity contribution in [2.45, 2.75) is 39.5 Å². The molecule has 2 aromatic carbocycles. The Balaban J connectivity index is 1.79. The quantitative estimate of drug-likeness (QED) is 0.637. The zero-order valence-electron chi connectivity index (χ0n) is 15.4. The smallest absolute Gasteiger partial charge is 0.277 e. The van der Waals surface area contributed by atoms with E-state index in [1.54, 1.807) is 6.21 Å². The first-order valence-electron chi connectivity index (χ1n) is 8.52. The van der Waals surface area contributed by atoms with E-state index in [0.717, 1.165) is 12.0 Å². The number of carbonyl (C=O) groups excluding carboxylic acids is 1. The molecule has 2 rings (SSSR count). The SMILES string of the molecule is CCc1ccc(OCC(=O)N/N=C/c2ccc(C(C)(C)C)cc2)cc1. The Bertz CT molecular complexity index is 711. The molecule has 2 aromatic rings. The number of rotatable bonds is 6. The maximum atomic E-state index is 11.8. The van der Waals surface area contributed by atoms with Gasteiger partial charge < -0.3 is 4.74 Å². The van der Waals surface area contributed by atoms with Gasteiger partial charge in [-0.1, -0.05) is 64.1 Å². The van der Waals surface area contributed by atoms with Crippen LogP contribution in [0.5, 0.6) is 5.75 Å². The highest BCUT2D eigenvalue weighted by molar-refractivity contribution is 5.82. The van der Waals surface area contributed by atoms with Crippen LogP contribution in [-0.2, 0) is 16.6 Å². The van der Waals surface area contributed by atoms with Gasteiger partial charge >= 0.3 is 0 Å². The Labute approximate surface area is 149 Å². The van der Waals surface area contributed by atoms with Crippen molar-refractivity contribution >= 4 is 12.1 Å². The van der Waals surface area contributed by atoms with Crippen molar-refractivity contribution in [2.75, 3.05) is 6.61 Å². The number of amides is 1. The van der Waals surface area contributed by atoms with Crippen molar-refractivity contribution in [1.82, 2.24) is 5.43 Å². The second kappa shape index (κ2) is 8.47. The van der Waals surface area contributed by atoms with Crippen molar-refractivity contribution in [1.29, 1.82) is 0 Å². The van der Waals surface area contributed by atoms with Crippen LogP contribution in [0.3, 0.4) is 0 Å². The molecule has 0 bridgehead atoms. The van der Waals surface area contributed by atoms with Gasteiger partial charge in [0, 0.05) is 0 Å². The van der Waals surface area contributed by atoms with E-state index in [0.29, 0.717) is 5.75 Å². The summed E-state index contributed by atoms with van der Waals surface area (Å²) in [6.07, 6.45) is 2.60. The number of carbonyl (C=O) groups is 1. The van der Waals surface area contributed by atoms with Gasteiger partial charge in [-0.25, -0.2) is 5.43 Å². The predicted molar refractivity (Wildman–Crippen MR) is 102 cm³/mol. The zero-order valence-corrected chi connectivity index (χ0v) is 15.4. The van der Waals surface area contributed by atoms with Crippen molar-refractivity contribution in [3.05, 3.63) is 65.2 Å². The zero-order chi connectivity index (χ0) is 18.3. The summed E-state index contributed by atoms with van der Waals surface area (Å²) >= 11 is 0. The molecule has 4 heteroatoms. The van der Waals surface area contributed by atoms with Gasteiger partial charge in [0.15, 0.2) is 6.61 Å². The van der Waals surface area contributed by atoms with E-state index in [-0.39, 0.29) is 17.9 Å². The fourth-order valence-corrected chi connectivity index (χ4v) is 2.25. The minimum atomic E-state index is -0.290. The number of nitrogens with zero attached hydrogens (tertiary/aromatic N) is 1. The Kier molecular flexibility index (Phi) is 6.34. The third-order valence-electron chi connectivity index (χ3n) is 3.88. The van der Waals surface area contributed by atoms with E-state index in [1.807, 2.05) is 36.4 Å². The Morgan fingerprint density at radius 1 is 1.08 bits per heavy atom. The Morgan fingerprint density at radius 2 is 1.72 bits per heavy atom. The van der Waals surface area contributed by atoms with Gasteiger partial charge in [-0.2, -0.15) is 5.10 Å². The van der Waals surface area contributed by atoms with Gasteiger partial charge in [0.1, 0.15) is 5.75 Å². The van der Waals surface area contributed by atoms with Gasteiger partial charge in [-0.15, -0.1) is 0 Å². The van der Waals surface area contributed by atoms with Gasteiger partial charge in [0.25, 0.3) is 5.91 Å². The first kappa shape index (κ1) is 18.7. The van der Waals surface area contributed by atoms with Crippen LogP contribution in [0, 0.1) is 0 Å². The first-order valence-corrected chi connectivity index (χ1v) is 8.52. The van der Waals surface area contributed by atoms with Gasteiger partial charge in [-0.05, 0) is 40.7 Å². The fraction of sp³-hybridized carbons (Fsp3) is 0.333. The number of benzene rings is 2. The maximum absolute atomic E-state index is 11.8. The highest BCUT2D eigenvalue weighted by Gasteiger charge is 2.12. The molecule has 25 heavy (non-hydrogen) atoms. The average Bonchev–Trinajstić information content (AvgIpc) is 2.60. The summed E-state index contributed by atoms with van der Waals surface area (Å²) in [5.41, 5.74) is 6.03. The highest BCUT2D eigenvalue weighted by atomic mass is 16.5. The molecule has 132 valence electrons. The highest BCUT2D eigenvalue weighted by Crippen LogP contribution is 2.21. The monoisotopic (exact) mass is 338 g/mol. The van der Waals surface area contributed by atoms with Gasteiger partial charge in [0.2, 0.25) is 0 Å². The second-order valence-corrected chi connectivity index (χ2v) is 6.95. The molecular formula is C21H26N2O2. The van der Waals surface area contributed by atoms with Crippen molar-refractivity contribution in [3.8, 4) is 5.75 Å². The summed E-state index contributed by atoms with van der Waals surface area (Å²) in [6, 6.07) is 15.8. The average molecular weight is 338 g/mol. The predicted octanol–water partition coefficient (Wildman–Crippen LogP) is 4.08. The molecule has 0 unspecified atom stereocenters. The molecule has 0 aromatic heterocycles. The molecule has 0 fully saturated rings. The molecule has 0 aliphatic heterocycles. The Morgan fingerprint density at radius 3 is 2.28 bits per heavy atom. The summed E-state index contributed by atoms with van der Waals surface area (Å²) in [5, 5.41) is 3.97. The largest absolute Gasteiger partial charge is 0.484 e. The summed E-state index contributed by atoms with van der Waals surface area (Å²) < 4.78 is 5.44. The molecule has 0 aliphatic carbocycles. The lowest BCUT2D eigenvalue weighted by Gasteiger charge is -2.18. The van der Waals surface area contributed by atoms with Crippen LogP contribution in [0.15, 0.2) is 53.6 Å². The van der Waals surface area contributed by atoms with Crippen LogP contribution in [0.25, 0.3) is 0 Å². The van der Waals surface area contributed by atoms with Crippen LogP contribution in [0.2, 0.25) is 0 Å². The molecule has 0 spiro atoms. The molecule has 1 amide bonds. The van der Waals surface area contributed by atoms with Gasteiger partial charge in [-0.3, -0.25) is 4.79 Å². The van der Waals surface area contributed by atoms with Crippen molar-refractivity contribution < 1.29 is 9.53 Å². The number of ether oxygens (including phenoxy) is 1. The lowest BCUT2D eigenvalue weighted by molar-refractivity contribution is -0.123. The van der Waals surface area contributed by atoms with Gasteiger partial charge in [0.05, 0.1) is 6.21 Å². The number of nitrogens with one attached hydrogen (secondary N) is 1. The summed E-state index contributed by atoms with van der Waals surface area (Å²) in [4.78, 5) is 11.8. The standard InChI is InChI=1S/C21H26N2O2/c1-5-16-8-12-19(13-9-16)25-15-20(24)23-22-14-17-6-10-18(11-7-17)21(2,3)4/h6-14H,5,15H2,1-4H3,(H,23,24)/b22-14+. The van der Waals surface area contributed by atoms with Crippen LogP contribution < -0.4 is 10.2 Å². The third-order valence-corrected chi connectivity index (χ3v) is 3.88. The van der Waals surface area contributed by atoms with E-state index in [4.69, 9.17) is 4.74 Å². The lowest BCUT2D eigenvalue weighted by Crippen LogP contribution is -2.24. The molecule has 0 heterocycles. The molecule has 0 radical (unpaired) electrons. The second-order valence-electron chi connectivity index (χ2n) is 6.95. The normalized spacial score (nSPS) is 11.5. The molecule has 1 N–H and O–H groups in total. The number of hydrazone groups is 1. The minimum absolute atomic E-state index is 0.0637. The molecule has 0 saturated heterocycles. The molecule has 0 saturated carbocycles. The van der Waals surface area contributed by atoms with Crippen LogP contribution in [0.1, 0.15) is 44.4 Å². The maximum Gasteiger partial charge on any atom is 0.277 e. The summed E-state index contributed by atoms with van der Waals surface area (Å²) in [6.45, 7) is 8.55. The molecule has 0 aliphatic rings. The molecular weight excluding hydrogens is 312 g/mol. The number of aryl methyl sites for hydroxylation is 1. The third kappa shape index (κ3) is 6.07. The topological polar surface area (TPSA) is 50.7 Å². The van der Waals surface area contributed by atoms with E-state index in [9.17, 15) is 4.79 Å². The van der Waals surface area contributed by atoms with E-state index >= 15 is 0 Å². The minimum Gasteiger partial charge on any atom is -0.484 e.